The highest BCUT2D eigenvalue weighted by atomic mass is 32.2. The fraction of sp³-hybridized carbons (Fsp3) is 0.156. The minimum absolute atomic E-state index is 0.127. The maximum atomic E-state index is 13.8. The summed E-state index contributed by atoms with van der Waals surface area (Å²) in [7, 11) is 1.64. The Hall–Kier alpha value is -6.00. The van der Waals surface area contributed by atoms with Crippen molar-refractivity contribution in [2.45, 2.75) is 42.0 Å². The van der Waals surface area contributed by atoms with E-state index in [1.54, 1.807) is 29.8 Å². The minimum Gasteiger partial charge on any atom is -0.497 e. The molecule has 4 heterocycles. The molecule has 60 heavy (non-hydrogen) atoms. The third-order valence-electron chi connectivity index (χ3n) is 9.46. The van der Waals surface area contributed by atoms with Crippen molar-refractivity contribution in [1.29, 1.82) is 0 Å². The number of methoxy groups -OCH3 is 1. The van der Waals surface area contributed by atoms with Crippen LogP contribution in [0.25, 0.3) is 33.2 Å². The van der Waals surface area contributed by atoms with Crippen molar-refractivity contribution >= 4 is 69.4 Å². The molecule has 2 N–H and O–H groups in total. The van der Waals surface area contributed by atoms with E-state index in [4.69, 9.17) is 4.74 Å². The highest BCUT2D eigenvalue weighted by Crippen LogP contribution is 2.37. The van der Waals surface area contributed by atoms with Crippen LogP contribution in [-0.4, -0.2) is 59.0 Å². The lowest BCUT2D eigenvalue weighted by molar-refractivity contribution is -0.117. The van der Waals surface area contributed by atoms with Crippen LogP contribution in [0.1, 0.15) is 25.0 Å². The average Bonchev–Trinajstić information content (AvgIpc) is 4.10. The van der Waals surface area contributed by atoms with Crippen LogP contribution in [0.5, 0.6) is 5.75 Å². The Kier molecular flexibility index (Phi) is 12.6. The smallest absolute Gasteiger partial charge is 0.240 e. The fourth-order valence-electron chi connectivity index (χ4n) is 6.27. The molecule has 0 fully saturated rings. The third-order valence-corrected chi connectivity index (χ3v) is 13.3. The van der Waals surface area contributed by atoms with E-state index in [0.717, 1.165) is 50.0 Å². The average molecular weight is 869 g/mol. The molecule has 8 aromatic rings. The Labute approximate surface area is 364 Å². The predicted octanol–water partition coefficient (Wildman–Crippen LogP) is 10.3. The first-order valence-electron chi connectivity index (χ1n) is 19.0. The Balaban J connectivity index is 0.963. The molecule has 0 saturated carbocycles. The molecule has 0 atom stereocenters. The summed E-state index contributed by atoms with van der Waals surface area (Å²) in [6.45, 7) is 4.89. The summed E-state index contributed by atoms with van der Waals surface area (Å²) in [5.74, 6) is 2.14. The van der Waals surface area contributed by atoms with Crippen molar-refractivity contribution in [2.75, 3.05) is 23.5 Å². The van der Waals surface area contributed by atoms with E-state index >= 15 is 0 Å². The normalized spacial score (nSPS) is 11.4. The molecule has 15 heteroatoms. The molecule has 0 aliphatic carbocycles. The molecule has 4 aromatic heterocycles. The monoisotopic (exact) mass is 868 g/mol. The number of hydrogen-bond acceptors (Lipinski definition) is 11. The number of thiophene rings is 2. The summed E-state index contributed by atoms with van der Waals surface area (Å²) >= 11 is 5.94. The van der Waals surface area contributed by atoms with Gasteiger partial charge in [0.05, 0.1) is 30.7 Å². The Morgan fingerprint density at radius 2 is 1.32 bits per heavy atom. The van der Waals surface area contributed by atoms with Gasteiger partial charge in [-0.3, -0.25) is 18.7 Å². The predicted molar refractivity (Wildman–Crippen MR) is 244 cm³/mol. The number of thioether (sulfide) groups is 2. The standard InChI is InChI=1S/C45H40N8O3S4/c1-45(2,60-44-51-48-40(33-22-23-57-27-33)53(44)25-30-10-6-4-7-11-30)42(55)47-36-18-16-32(17-19-36)38-24-34(28-58-38)41-49-50-43(52(41)26-31-14-20-37(56-3)21-15-31)59-29-39(54)46-35-12-8-5-9-13-35/h4-24,27-28H,25-26,29H2,1-3H3,(H,46,54)(H,47,55). The molecule has 0 aliphatic rings. The third kappa shape index (κ3) is 9.71. The van der Waals surface area contributed by atoms with Crippen LogP contribution in [0.2, 0.25) is 0 Å². The van der Waals surface area contributed by atoms with E-state index in [2.05, 4.69) is 64.6 Å². The summed E-state index contributed by atoms with van der Waals surface area (Å²) in [6, 6.07) is 39.4. The number of anilines is 2. The van der Waals surface area contributed by atoms with Crippen molar-refractivity contribution < 1.29 is 14.3 Å². The summed E-state index contributed by atoms with van der Waals surface area (Å²) in [5, 5.41) is 31.7. The maximum absolute atomic E-state index is 13.8. The van der Waals surface area contributed by atoms with Gasteiger partial charge in [0.25, 0.3) is 0 Å². The second-order valence-corrected chi connectivity index (χ2v) is 18.4. The van der Waals surface area contributed by atoms with Crippen molar-refractivity contribution in [3.63, 3.8) is 0 Å². The lowest BCUT2D eigenvalue weighted by atomic mass is 10.1. The van der Waals surface area contributed by atoms with Gasteiger partial charge < -0.3 is 15.4 Å². The molecule has 11 nitrogen and oxygen atoms in total. The van der Waals surface area contributed by atoms with Crippen molar-refractivity contribution in [3.8, 4) is 39.0 Å². The number of carbonyl (C=O) groups excluding carboxylic acids is 2. The van der Waals surface area contributed by atoms with E-state index < -0.39 is 4.75 Å². The van der Waals surface area contributed by atoms with Gasteiger partial charge in [0.15, 0.2) is 22.0 Å². The van der Waals surface area contributed by atoms with Gasteiger partial charge in [-0.1, -0.05) is 96.3 Å². The highest BCUT2D eigenvalue weighted by Gasteiger charge is 2.32. The van der Waals surface area contributed by atoms with Crippen LogP contribution in [-0.2, 0) is 22.7 Å². The lowest BCUT2D eigenvalue weighted by Gasteiger charge is -2.23. The summed E-state index contributed by atoms with van der Waals surface area (Å²) in [6.07, 6.45) is 0. The van der Waals surface area contributed by atoms with E-state index in [1.165, 1.54) is 23.5 Å². The number of benzene rings is 4. The Bertz CT molecular complexity index is 2680. The zero-order valence-corrected chi connectivity index (χ0v) is 36.2. The number of para-hydroxylation sites is 1. The number of amides is 2. The van der Waals surface area contributed by atoms with Gasteiger partial charge in [-0.2, -0.15) is 11.3 Å². The first-order valence-corrected chi connectivity index (χ1v) is 22.6. The molecule has 0 bridgehead atoms. The van der Waals surface area contributed by atoms with Crippen LogP contribution in [0, 0.1) is 0 Å². The minimum atomic E-state index is -0.862. The molecule has 2 amide bonds. The first kappa shape index (κ1) is 40.8. The number of carbonyl (C=O) groups is 2. The highest BCUT2D eigenvalue weighted by molar-refractivity contribution is 8.01. The summed E-state index contributed by atoms with van der Waals surface area (Å²) in [4.78, 5) is 27.7. The quantitative estimate of drug-likeness (QED) is 0.0912. The zero-order chi connectivity index (χ0) is 41.5. The molecule has 0 aliphatic heterocycles. The van der Waals surface area contributed by atoms with Crippen LogP contribution in [0.3, 0.4) is 0 Å². The Morgan fingerprint density at radius 1 is 0.683 bits per heavy atom. The van der Waals surface area contributed by atoms with Gasteiger partial charge in [-0.15, -0.1) is 31.7 Å². The molecule has 4 aromatic carbocycles. The van der Waals surface area contributed by atoms with Crippen molar-refractivity contribution in [3.05, 3.63) is 149 Å². The summed E-state index contributed by atoms with van der Waals surface area (Å²) in [5.41, 5.74) is 6.50. The molecule has 8 rings (SSSR count). The van der Waals surface area contributed by atoms with Crippen LogP contribution >= 0.6 is 46.2 Å². The molecule has 302 valence electrons. The number of nitrogens with zero attached hydrogens (tertiary/aromatic N) is 6. The largest absolute Gasteiger partial charge is 0.497 e. The number of hydrogen-bond donors (Lipinski definition) is 2. The number of ether oxygens (including phenoxy) is 1. The van der Waals surface area contributed by atoms with Gasteiger partial charge >= 0.3 is 0 Å². The number of nitrogens with one attached hydrogen (secondary N) is 2. The van der Waals surface area contributed by atoms with Crippen molar-refractivity contribution in [2.24, 2.45) is 0 Å². The second-order valence-electron chi connectivity index (χ2n) is 14.2. The molecular formula is C45H40N8O3S4. The van der Waals surface area contributed by atoms with Gasteiger partial charge in [0, 0.05) is 38.1 Å². The molecular weight excluding hydrogens is 829 g/mol. The van der Waals surface area contributed by atoms with Gasteiger partial charge in [0.2, 0.25) is 11.8 Å². The molecule has 0 spiro atoms. The Morgan fingerprint density at radius 3 is 2.00 bits per heavy atom. The number of aromatic nitrogens is 6. The lowest BCUT2D eigenvalue weighted by Crippen LogP contribution is -2.34. The van der Waals surface area contributed by atoms with E-state index in [9.17, 15) is 9.59 Å². The van der Waals surface area contributed by atoms with Crippen LogP contribution < -0.4 is 15.4 Å². The van der Waals surface area contributed by atoms with E-state index in [1.807, 2.05) is 127 Å². The second kappa shape index (κ2) is 18.5. The molecule has 0 unspecified atom stereocenters. The first-order chi connectivity index (χ1) is 29.2. The van der Waals surface area contributed by atoms with Gasteiger partial charge in [0.1, 0.15) is 5.75 Å². The van der Waals surface area contributed by atoms with Gasteiger partial charge in [-0.05, 0) is 84.4 Å². The fourth-order valence-corrected chi connectivity index (χ4v) is 9.48. The number of rotatable bonds is 16. The van der Waals surface area contributed by atoms with Crippen LogP contribution in [0.4, 0.5) is 11.4 Å². The van der Waals surface area contributed by atoms with Crippen LogP contribution in [0.15, 0.2) is 148 Å². The maximum Gasteiger partial charge on any atom is 0.240 e. The van der Waals surface area contributed by atoms with E-state index in [-0.39, 0.29) is 17.6 Å². The van der Waals surface area contributed by atoms with Crippen molar-refractivity contribution in [1.82, 2.24) is 29.5 Å². The summed E-state index contributed by atoms with van der Waals surface area (Å²) < 4.78 is 8.63. The SMILES string of the molecule is COc1ccc(Cn2c(SCC(=O)Nc3ccccc3)nnc2-c2csc(-c3ccc(NC(=O)C(C)(C)Sc4nnc(-c5ccsc5)n4Cc4ccccc4)cc3)c2)cc1. The van der Waals surface area contributed by atoms with E-state index in [0.29, 0.717) is 34.9 Å². The topological polar surface area (TPSA) is 129 Å². The molecule has 0 saturated heterocycles. The molecule has 0 radical (unpaired) electrons. The zero-order valence-electron chi connectivity index (χ0n) is 32.9. The van der Waals surface area contributed by atoms with Gasteiger partial charge in [-0.25, -0.2) is 0 Å².